The molecule has 2 atom stereocenters. The van der Waals surface area contributed by atoms with E-state index in [1.807, 2.05) is 4.90 Å². The van der Waals surface area contributed by atoms with Gasteiger partial charge in [0.2, 0.25) is 5.91 Å². The van der Waals surface area contributed by atoms with Crippen LogP contribution in [-0.2, 0) is 9.59 Å². The molecule has 1 rings (SSSR count). The third kappa shape index (κ3) is 4.64. The number of nitrogens with zero attached hydrogens (tertiary/aromatic N) is 1. The van der Waals surface area contributed by atoms with Gasteiger partial charge in [-0.2, -0.15) is 0 Å². The van der Waals surface area contributed by atoms with E-state index in [1.54, 1.807) is 0 Å². The molecule has 0 aromatic heterocycles. The van der Waals surface area contributed by atoms with Crippen molar-refractivity contribution in [3.05, 3.63) is 0 Å². The lowest BCUT2D eigenvalue weighted by atomic mass is 10.1. The summed E-state index contributed by atoms with van der Waals surface area (Å²) in [4.78, 5) is 24.8. The minimum atomic E-state index is -0.850. The van der Waals surface area contributed by atoms with Crippen molar-refractivity contribution in [3.8, 4) is 0 Å². The van der Waals surface area contributed by atoms with Crippen LogP contribution in [0.1, 0.15) is 33.6 Å². The molecule has 0 radical (unpaired) electrons. The second-order valence-electron chi connectivity index (χ2n) is 5.64. The van der Waals surface area contributed by atoms with E-state index in [2.05, 4.69) is 26.1 Å². The van der Waals surface area contributed by atoms with Crippen molar-refractivity contribution in [3.63, 3.8) is 0 Å². The molecule has 5 heteroatoms. The molecule has 18 heavy (non-hydrogen) atoms. The van der Waals surface area contributed by atoms with Crippen molar-refractivity contribution in [2.75, 3.05) is 19.6 Å². The van der Waals surface area contributed by atoms with Gasteiger partial charge in [0.25, 0.3) is 0 Å². The van der Waals surface area contributed by atoms with E-state index in [9.17, 15) is 9.59 Å². The van der Waals surface area contributed by atoms with E-state index in [4.69, 9.17) is 5.11 Å². The maximum absolute atomic E-state index is 12.3. The molecular weight excluding hydrogens is 232 g/mol. The number of rotatable bonds is 5. The van der Waals surface area contributed by atoms with Crippen LogP contribution in [0.15, 0.2) is 0 Å². The number of hydrogen-bond donors (Lipinski definition) is 2. The first-order valence-corrected chi connectivity index (χ1v) is 6.64. The standard InChI is InChI=1S/C13H24N2O3/c1-9(2)7-15-8-10(3)6-14-11(13(15)18)4-5-12(16)17/h9-11,14H,4-8H2,1-3H3,(H,16,17). The molecule has 1 amide bonds. The van der Waals surface area contributed by atoms with Gasteiger partial charge in [-0.05, 0) is 18.3 Å². The largest absolute Gasteiger partial charge is 0.481 e. The van der Waals surface area contributed by atoms with Crippen LogP contribution in [0.4, 0.5) is 0 Å². The fraction of sp³-hybridized carbons (Fsp3) is 0.846. The van der Waals surface area contributed by atoms with Crippen LogP contribution < -0.4 is 5.32 Å². The van der Waals surface area contributed by atoms with Crippen molar-refractivity contribution in [2.24, 2.45) is 11.8 Å². The highest BCUT2D eigenvalue weighted by Crippen LogP contribution is 2.13. The number of carbonyl (C=O) groups excluding carboxylic acids is 1. The van der Waals surface area contributed by atoms with Crippen LogP contribution in [0.5, 0.6) is 0 Å². The number of aliphatic carboxylic acids is 1. The Kier molecular flexibility index (Phi) is 5.59. The van der Waals surface area contributed by atoms with Gasteiger partial charge < -0.3 is 15.3 Å². The average Bonchev–Trinajstić information content (AvgIpc) is 2.37. The fourth-order valence-electron chi connectivity index (χ4n) is 2.28. The first-order chi connectivity index (χ1) is 8.40. The minimum absolute atomic E-state index is 0.0350. The first-order valence-electron chi connectivity index (χ1n) is 6.64. The number of hydrogen-bond acceptors (Lipinski definition) is 3. The van der Waals surface area contributed by atoms with Gasteiger partial charge in [0.1, 0.15) is 0 Å². The normalized spacial score (nSPS) is 25.3. The number of amides is 1. The Balaban J connectivity index is 2.66. The second-order valence-corrected chi connectivity index (χ2v) is 5.64. The number of nitrogens with one attached hydrogen (secondary N) is 1. The van der Waals surface area contributed by atoms with Crippen LogP contribution in [-0.4, -0.2) is 47.6 Å². The molecule has 5 nitrogen and oxygen atoms in total. The highest BCUT2D eigenvalue weighted by molar-refractivity contribution is 5.82. The molecule has 0 saturated carbocycles. The lowest BCUT2D eigenvalue weighted by Gasteiger charge is -2.26. The van der Waals surface area contributed by atoms with Gasteiger partial charge in [-0.3, -0.25) is 9.59 Å². The van der Waals surface area contributed by atoms with E-state index in [0.29, 0.717) is 18.3 Å². The molecule has 2 N–H and O–H groups in total. The van der Waals surface area contributed by atoms with E-state index < -0.39 is 5.97 Å². The molecule has 0 aromatic rings. The molecule has 1 aliphatic heterocycles. The van der Waals surface area contributed by atoms with E-state index >= 15 is 0 Å². The second kappa shape index (κ2) is 6.73. The van der Waals surface area contributed by atoms with Crippen LogP contribution in [0.25, 0.3) is 0 Å². The molecule has 104 valence electrons. The van der Waals surface area contributed by atoms with Crippen LogP contribution in [0, 0.1) is 11.8 Å². The summed E-state index contributed by atoms with van der Waals surface area (Å²) >= 11 is 0. The maximum Gasteiger partial charge on any atom is 0.303 e. The third-order valence-electron chi connectivity index (χ3n) is 3.09. The lowest BCUT2D eigenvalue weighted by Crippen LogP contribution is -2.45. The monoisotopic (exact) mass is 256 g/mol. The Labute approximate surface area is 109 Å². The van der Waals surface area contributed by atoms with Gasteiger partial charge in [-0.25, -0.2) is 0 Å². The van der Waals surface area contributed by atoms with Gasteiger partial charge in [0.15, 0.2) is 0 Å². The average molecular weight is 256 g/mol. The highest BCUT2D eigenvalue weighted by Gasteiger charge is 2.29. The summed E-state index contributed by atoms with van der Waals surface area (Å²) in [5.41, 5.74) is 0. The summed E-state index contributed by atoms with van der Waals surface area (Å²) < 4.78 is 0. The van der Waals surface area contributed by atoms with Crippen LogP contribution >= 0.6 is 0 Å². The maximum atomic E-state index is 12.3. The quantitative estimate of drug-likeness (QED) is 0.768. The molecule has 2 unspecified atom stereocenters. The van der Waals surface area contributed by atoms with Gasteiger partial charge in [0, 0.05) is 26.1 Å². The predicted octanol–water partition coefficient (Wildman–Crippen LogP) is 0.944. The SMILES string of the molecule is CC(C)CN1CC(C)CNC(CCC(=O)O)C1=O. The number of carboxylic acids is 1. The summed E-state index contributed by atoms with van der Waals surface area (Å²) in [6, 6.07) is -0.343. The van der Waals surface area contributed by atoms with Crippen molar-refractivity contribution in [1.29, 1.82) is 0 Å². The lowest BCUT2D eigenvalue weighted by molar-refractivity contribution is -0.138. The van der Waals surface area contributed by atoms with Crippen LogP contribution in [0.3, 0.4) is 0 Å². The van der Waals surface area contributed by atoms with E-state index in [1.165, 1.54) is 0 Å². The Bertz CT molecular complexity index is 305. The fourth-order valence-corrected chi connectivity index (χ4v) is 2.28. The first kappa shape index (κ1) is 15.0. The minimum Gasteiger partial charge on any atom is -0.481 e. The molecule has 0 bridgehead atoms. The Morgan fingerprint density at radius 2 is 2.22 bits per heavy atom. The summed E-state index contributed by atoms with van der Waals surface area (Å²) in [6.07, 6.45) is 0.406. The predicted molar refractivity (Wildman–Crippen MR) is 69.2 cm³/mol. The van der Waals surface area contributed by atoms with Crippen molar-refractivity contribution >= 4 is 11.9 Å². The third-order valence-corrected chi connectivity index (χ3v) is 3.09. The zero-order valence-electron chi connectivity index (χ0n) is 11.5. The summed E-state index contributed by atoms with van der Waals surface area (Å²) in [5, 5.41) is 11.9. The van der Waals surface area contributed by atoms with Crippen molar-refractivity contribution in [1.82, 2.24) is 10.2 Å². The van der Waals surface area contributed by atoms with Crippen molar-refractivity contribution in [2.45, 2.75) is 39.7 Å². The Morgan fingerprint density at radius 1 is 1.56 bits per heavy atom. The molecule has 0 aliphatic carbocycles. The zero-order chi connectivity index (χ0) is 13.7. The molecular formula is C13H24N2O3. The molecule has 1 fully saturated rings. The molecule has 1 saturated heterocycles. The van der Waals surface area contributed by atoms with Gasteiger partial charge in [-0.1, -0.05) is 20.8 Å². The molecule has 0 aromatic carbocycles. The molecule has 0 spiro atoms. The van der Waals surface area contributed by atoms with Gasteiger partial charge >= 0.3 is 5.97 Å². The van der Waals surface area contributed by atoms with Crippen molar-refractivity contribution < 1.29 is 14.7 Å². The number of carboxylic acid groups (broad SMARTS) is 1. The van der Waals surface area contributed by atoms with Crippen LogP contribution in [0.2, 0.25) is 0 Å². The van der Waals surface area contributed by atoms with Gasteiger partial charge in [0.05, 0.1) is 6.04 Å². The summed E-state index contributed by atoms with van der Waals surface area (Å²) in [7, 11) is 0. The van der Waals surface area contributed by atoms with E-state index in [-0.39, 0.29) is 18.4 Å². The Hall–Kier alpha value is -1.10. The van der Waals surface area contributed by atoms with Gasteiger partial charge in [-0.15, -0.1) is 0 Å². The summed E-state index contributed by atoms with van der Waals surface area (Å²) in [5.74, 6) is 0.0357. The van der Waals surface area contributed by atoms with E-state index in [0.717, 1.165) is 19.6 Å². The Morgan fingerprint density at radius 3 is 2.78 bits per heavy atom. The zero-order valence-corrected chi connectivity index (χ0v) is 11.5. The number of carbonyl (C=O) groups is 2. The molecule has 1 heterocycles. The summed E-state index contributed by atoms with van der Waals surface area (Å²) in [6.45, 7) is 8.55. The highest BCUT2D eigenvalue weighted by atomic mass is 16.4. The smallest absolute Gasteiger partial charge is 0.303 e. The molecule has 1 aliphatic rings. The topological polar surface area (TPSA) is 69.6 Å².